The van der Waals surface area contributed by atoms with E-state index in [1.807, 2.05) is 13.2 Å². The van der Waals surface area contributed by atoms with Crippen LogP contribution in [0.3, 0.4) is 0 Å². The fourth-order valence-electron chi connectivity index (χ4n) is 0.878. The Labute approximate surface area is 69.3 Å². The molecule has 1 aliphatic rings. The van der Waals surface area contributed by atoms with Gasteiger partial charge in [-0.15, -0.1) is 11.8 Å². The van der Waals surface area contributed by atoms with E-state index in [1.54, 1.807) is 11.8 Å². The molecule has 0 aromatic carbocycles. The Kier molecular flexibility index (Phi) is 2.38. The van der Waals surface area contributed by atoms with Crippen LogP contribution in [-0.2, 0) is 4.79 Å². The van der Waals surface area contributed by atoms with Crippen molar-refractivity contribution in [1.82, 2.24) is 10.2 Å². The van der Waals surface area contributed by atoms with Gasteiger partial charge in [0.15, 0.2) is 0 Å². The van der Waals surface area contributed by atoms with E-state index >= 15 is 0 Å². The lowest BCUT2D eigenvalue weighted by Crippen LogP contribution is -2.33. The average Bonchev–Trinajstić information content (AvgIpc) is 2.28. The van der Waals surface area contributed by atoms with Crippen molar-refractivity contribution in [2.24, 2.45) is 0 Å². The molecular formula is C6H10N2O2S. The highest BCUT2D eigenvalue weighted by Crippen LogP contribution is 2.13. The third kappa shape index (κ3) is 1.65. The van der Waals surface area contributed by atoms with Crippen LogP contribution in [-0.4, -0.2) is 35.0 Å². The summed E-state index contributed by atoms with van der Waals surface area (Å²) >= 11 is 1.54. The molecule has 0 bridgehead atoms. The Hall–Kier alpha value is -0.710. The molecule has 1 fully saturated rings. The number of rotatable bonds is 2. The van der Waals surface area contributed by atoms with E-state index in [1.165, 1.54) is 4.90 Å². The lowest BCUT2D eigenvalue weighted by Gasteiger charge is -2.19. The van der Waals surface area contributed by atoms with E-state index in [0.29, 0.717) is 0 Å². The van der Waals surface area contributed by atoms with Crippen molar-refractivity contribution in [2.45, 2.75) is 12.3 Å². The van der Waals surface area contributed by atoms with Gasteiger partial charge in [0.1, 0.15) is 6.54 Å². The van der Waals surface area contributed by atoms with Crippen LogP contribution < -0.4 is 5.32 Å². The molecular weight excluding hydrogens is 164 g/mol. The minimum Gasteiger partial charge on any atom is -0.303 e. The number of urea groups is 1. The maximum atomic E-state index is 11.0. The second-order valence-electron chi connectivity index (χ2n) is 2.32. The third-order valence-corrected chi connectivity index (χ3v) is 2.54. The molecule has 0 radical (unpaired) electrons. The summed E-state index contributed by atoms with van der Waals surface area (Å²) in [5.74, 6) is -0.212. The molecule has 5 heteroatoms. The van der Waals surface area contributed by atoms with Gasteiger partial charge in [-0.3, -0.25) is 10.1 Å². The number of carbonyl (C=O) groups excluding carboxylic acids is 2. The molecule has 0 aliphatic carbocycles. The summed E-state index contributed by atoms with van der Waals surface area (Å²) in [4.78, 5) is 23.2. The van der Waals surface area contributed by atoms with Gasteiger partial charge < -0.3 is 4.90 Å². The summed E-state index contributed by atoms with van der Waals surface area (Å²) in [5, 5.41) is 2.29. The maximum Gasteiger partial charge on any atom is 0.325 e. The van der Waals surface area contributed by atoms with Crippen molar-refractivity contribution in [3.05, 3.63) is 0 Å². The second kappa shape index (κ2) is 3.13. The molecule has 0 aromatic rings. The topological polar surface area (TPSA) is 49.4 Å². The Morgan fingerprint density at radius 1 is 1.64 bits per heavy atom. The van der Waals surface area contributed by atoms with Gasteiger partial charge in [0, 0.05) is 0 Å². The Morgan fingerprint density at radius 3 is 2.64 bits per heavy atom. The van der Waals surface area contributed by atoms with Gasteiger partial charge in [-0.2, -0.15) is 0 Å². The highest BCUT2D eigenvalue weighted by Gasteiger charge is 2.29. The first-order valence-corrected chi connectivity index (χ1v) is 4.57. The zero-order valence-corrected chi connectivity index (χ0v) is 7.27. The molecule has 1 saturated heterocycles. The molecule has 1 N–H and O–H groups in total. The van der Waals surface area contributed by atoms with Crippen LogP contribution in [0, 0.1) is 0 Å². The molecule has 62 valence electrons. The first-order chi connectivity index (χ1) is 5.15. The van der Waals surface area contributed by atoms with Crippen LogP contribution in [0.5, 0.6) is 0 Å². The average molecular weight is 174 g/mol. The number of nitrogens with zero attached hydrogens (tertiary/aromatic N) is 1. The number of hydrogen-bond acceptors (Lipinski definition) is 3. The van der Waals surface area contributed by atoms with E-state index < -0.39 is 0 Å². The van der Waals surface area contributed by atoms with E-state index in [-0.39, 0.29) is 23.9 Å². The normalized spacial score (nSPS) is 20.4. The number of amides is 3. The first-order valence-electron chi connectivity index (χ1n) is 3.28. The van der Waals surface area contributed by atoms with E-state index in [0.717, 1.165) is 0 Å². The highest BCUT2D eigenvalue weighted by molar-refractivity contribution is 7.99. The van der Waals surface area contributed by atoms with Gasteiger partial charge in [-0.25, -0.2) is 4.79 Å². The van der Waals surface area contributed by atoms with Crippen LogP contribution in [0.4, 0.5) is 4.79 Å². The largest absolute Gasteiger partial charge is 0.325 e. The van der Waals surface area contributed by atoms with Crippen LogP contribution in [0.15, 0.2) is 0 Å². The lowest BCUT2D eigenvalue weighted by molar-refractivity contribution is -0.118. The smallest absolute Gasteiger partial charge is 0.303 e. The Morgan fingerprint density at radius 2 is 2.27 bits per heavy atom. The fourth-order valence-corrected chi connectivity index (χ4v) is 1.30. The maximum absolute atomic E-state index is 11.0. The quantitative estimate of drug-likeness (QED) is 0.610. The predicted octanol–water partition coefficient (Wildman–Crippen LogP) is 0.247. The van der Waals surface area contributed by atoms with Crippen molar-refractivity contribution in [3.8, 4) is 0 Å². The molecule has 0 spiro atoms. The number of nitrogens with one attached hydrogen (secondary N) is 1. The van der Waals surface area contributed by atoms with Crippen molar-refractivity contribution in [2.75, 3.05) is 12.8 Å². The van der Waals surface area contributed by atoms with Crippen molar-refractivity contribution >= 4 is 23.7 Å². The van der Waals surface area contributed by atoms with E-state index in [9.17, 15) is 9.59 Å². The van der Waals surface area contributed by atoms with Gasteiger partial charge >= 0.3 is 6.03 Å². The minimum absolute atomic E-state index is 0.0708. The van der Waals surface area contributed by atoms with Gasteiger partial charge in [-0.1, -0.05) is 0 Å². The molecule has 11 heavy (non-hydrogen) atoms. The van der Waals surface area contributed by atoms with Crippen molar-refractivity contribution in [3.63, 3.8) is 0 Å². The van der Waals surface area contributed by atoms with Gasteiger partial charge in [0.05, 0.1) is 5.37 Å². The third-order valence-electron chi connectivity index (χ3n) is 1.60. The van der Waals surface area contributed by atoms with Crippen molar-refractivity contribution < 1.29 is 9.59 Å². The number of hydrogen-bond donors (Lipinski definition) is 1. The molecule has 1 heterocycles. The molecule has 1 atom stereocenters. The summed E-state index contributed by atoms with van der Waals surface area (Å²) in [6.45, 7) is 2.09. The zero-order valence-electron chi connectivity index (χ0n) is 6.46. The molecule has 3 amide bonds. The predicted molar refractivity (Wildman–Crippen MR) is 43.2 cm³/mol. The summed E-state index contributed by atoms with van der Waals surface area (Å²) < 4.78 is 0. The van der Waals surface area contributed by atoms with Gasteiger partial charge in [-0.05, 0) is 13.2 Å². The standard InChI is InChI=1S/C6H10N2O2S/c1-4(11-2)8-3-5(9)7-6(8)10/h4H,3H2,1-2H3,(H,7,9,10). The number of carbonyl (C=O) groups is 2. The van der Waals surface area contributed by atoms with Crippen LogP contribution in [0.2, 0.25) is 0 Å². The van der Waals surface area contributed by atoms with E-state index in [2.05, 4.69) is 5.32 Å². The molecule has 1 rings (SSSR count). The minimum atomic E-state index is -0.281. The van der Waals surface area contributed by atoms with Crippen LogP contribution in [0.1, 0.15) is 6.92 Å². The van der Waals surface area contributed by atoms with E-state index in [4.69, 9.17) is 0 Å². The molecule has 1 unspecified atom stereocenters. The second-order valence-corrected chi connectivity index (χ2v) is 3.47. The van der Waals surface area contributed by atoms with Gasteiger partial charge in [0.2, 0.25) is 5.91 Å². The summed E-state index contributed by atoms with van der Waals surface area (Å²) in [6.07, 6.45) is 1.90. The number of thioether (sulfide) groups is 1. The molecule has 1 aliphatic heterocycles. The highest BCUT2D eigenvalue weighted by atomic mass is 32.2. The van der Waals surface area contributed by atoms with Gasteiger partial charge in [0.25, 0.3) is 0 Å². The van der Waals surface area contributed by atoms with Crippen LogP contribution in [0.25, 0.3) is 0 Å². The molecule has 0 aromatic heterocycles. The monoisotopic (exact) mass is 174 g/mol. The summed E-state index contributed by atoms with van der Waals surface area (Å²) in [7, 11) is 0. The lowest BCUT2D eigenvalue weighted by atomic mass is 10.5. The number of imide groups is 1. The summed E-state index contributed by atoms with van der Waals surface area (Å²) in [5.41, 5.74) is 0. The Balaban J connectivity index is 2.59. The SMILES string of the molecule is CSC(C)N1CC(=O)NC1=O. The molecule has 4 nitrogen and oxygen atoms in total. The molecule has 0 saturated carbocycles. The fraction of sp³-hybridized carbons (Fsp3) is 0.667. The van der Waals surface area contributed by atoms with Crippen LogP contribution >= 0.6 is 11.8 Å². The Bertz CT molecular complexity index is 195. The zero-order chi connectivity index (χ0) is 8.43. The van der Waals surface area contributed by atoms with Crippen molar-refractivity contribution in [1.29, 1.82) is 0 Å². The first kappa shape index (κ1) is 8.39. The summed E-state index contributed by atoms with van der Waals surface area (Å²) in [6, 6.07) is -0.281.